The Morgan fingerprint density at radius 1 is 1.50 bits per heavy atom. The summed E-state index contributed by atoms with van der Waals surface area (Å²) in [5, 5.41) is 3.50. The van der Waals surface area contributed by atoms with Crippen LogP contribution in [0.2, 0.25) is 0 Å². The molecule has 2 nitrogen and oxygen atoms in total. The van der Waals surface area contributed by atoms with Crippen LogP contribution < -0.4 is 5.32 Å². The maximum atomic E-state index is 5.11. The van der Waals surface area contributed by atoms with Crippen molar-refractivity contribution in [3.63, 3.8) is 0 Å². The average molecular weight is 199 g/mol. The van der Waals surface area contributed by atoms with Crippen LogP contribution >= 0.6 is 0 Å². The first-order valence-electron chi connectivity index (χ1n) is 5.93. The van der Waals surface area contributed by atoms with Gasteiger partial charge in [-0.3, -0.25) is 0 Å². The van der Waals surface area contributed by atoms with Gasteiger partial charge in [0.1, 0.15) is 0 Å². The molecule has 0 amide bonds. The zero-order chi connectivity index (χ0) is 10.4. The van der Waals surface area contributed by atoms with Gasteiger partial charge >= 0.3 is 0 Å². The topological polar surface area (TPSA) is 21.3 Å². The molecule has 1 saturated heterocycles. The van der Waals surface area contributed by atoms with Gasteiger partial charge in [-0.1, -0.05) is 13.8 Å². The molecule has 1 fully saturated rings. The molecule has 1 rings (SSSR count). The molecule has 0 aromatic heterocycles. The molecule has 0 saturated carbocycles. The normalized spacial score (nSPS) is 30.2. The van der Waals surface area contributed by atoms with Gasteiger partial charge in [0.15, 0.2) is 0 Å². The Bertz CT molecular complexity index is 149. The molecule has 1 heterocycles. The summed E-state index contributed by atoms with van der Waals surface area (Å²) in [6.07, 6.45) is 3.92. The van der Waals surface area contributed by atoms with Gasteiger partial charge in [0.2, 0.25) is 0 Å². The number of methoxy groups -OCH3 is 1. The molecule has 0 radical (unpaired) electrons. The van der Waals surface area contributed by atoms with Crippen molar-refractivity contribution < 1.29 is 4.74 Å². The maximum Gasteiger partial charge on any atom is 0.0464 e. The molecule has 0 aromatic rings. The van der Waals surface area contributed by atoms with Crippen molar-refractivity contribution in [1.82, 2.24) is 5.32 Å². The Labute approximate surface area is 88.4 Å². The van der Waals surface area contributed by atoms with Crippen molar-refractivity contribution >= 4 is 0 Å². The van der Waals surface area contributed by atoms with Crippen LogP contribution in [0.3, 0.4) is 0 Å². The lowest BCUT2D eigenvalue weighted by atomic mass is 9.81. The highest BCUT2D eigenvalue weighted by Crippen LogP contribution is 2.26. The molecule has 1 aliphatic heterocycles. The summed E-state index contributed by atoms with van der Waals surface area (Å²) in [6, 6.07) is 0. The van der Waals surface area contributed by atoms with Crippen LogP contribution in [0.15, 0.2) is 0 Å². The number of piperidine rings is 1. The third-order valence-electron chi connectivity index (χ3n) is 3.51. The van der Waals surface area contributed by atoms with Crippen molar-refractivity contribution in [2.45, 2.75) is 33.1 Å². The Kier molecular flexibility index (Phi) is 5.49. The second kappa shape index (κ2) is 6.41. The quantitative estimate of drug-likeness (QED) is 0.733. The Morgan fingerprint density at radius 2 is 2.29 bits per heavy atom. The fourth-order valence-electron chi connectivity index (χ4n) is 2.32. The first-order chi connectivity index (χ1) is 6.74. The van der Waals surface area contributed by atoms with E-state index >= 15 is 0 Å². The lowest BCUT2D eigenvalue weighted by Gasteiger charge is -2.31. The first kappa shape index (κ1) is 12.0. The predicted octanol–water partition coefficient (Wildman–Crippen LogP) is 2.29. The van der Waals surface area contributed by atoms with Gasteiger partial charge in [0.05, 0.1) is 0 Å². The van der Waals surface area contributed by atoms with Gasteiger partial charge in [-0.05, 0) is 50.1 Å². The highest BCUT2D eigenvalue weighted by atomic mass is 16.5. The summed E-state index contributed by atoms with van der Waals surface area (Å²) in [7, 11) is 1.79. The van der Waals surface area contributed by atoms with Crippen LogP contribution in [0, 0.1) is 17.8 Å². The van der Waals surface area contributed by atoms with E-state index in [0.717, 1.165) is 24.4 Å². The fourth-order valence-corrected chi connectivity index (χ4v) is 2.32. The Balaban J connectivity index is 2.20. The van der Waals surface area contributed by atoms with E-state index in [2.05, 4.69) is 19.2 Å². The van der Waals surface area contributed by atoms with Gasteiger partial charge < -0.3 is 10.1 Å². The van der Waals surface area contributed by atoms with Crippen molar-refractivity contribution in [2.75, 3.05) is 26.8 Å². The molecule has 0 bridgehead atoms. The summed E-state index contributed by atoms with van der Waals surface area (Å²) in [4.78, 5) is 0. The molecule has 1 aliphatic rings. The molecule has 3 atom stereocenters. The van der Waals surface area contributed by atoms with Crippen molar-refractivity contribution in [2.24, 2.45) is 17.8 Å². The fraction of sp³-hybridized carbons (Fsp3) is 1.00. The summed E-state index contributed by atoms with van der Waals surface area (Å²) in [5.74, 6) is 2.60. The van der Waals surface area contributed by atoms with Gasteiger partial charge in [-0.15, -0.1) is 0 Å². The SMILES string of the molecule is COCCC(C)CC1CNCCC1C. The van der Waals surface area contributed by atoms with E-state index in [0.29, 0.717) is 0 Å². The summed E-state index contributed by atoms with van der Waals surface area (Å²) < 4.78 is 5.11. The van der Waals surface area contributed by atoms with Crippen LogP contribution in [0.5, 0.6) is 0 Å². The second-order valence-corrected chi connectivity index (χ2v) is 4.85. The second-order valence-electron chi connectivity index (χ2n) is 4.85. The van der Waals surface area contributed by atoms with Gasteiger partial charge in [-0.25, -0.2) is 0 Å². The van der Waals surface area contributed by atoms with E-state index in [1.54, 1.807) is 7.11 Å². The van der Waals surface area contributed by atoms with Crippen LogP contribution in [0.1, 0.15) is 33.1 Å². The maximum absolute atomic E-state index is 5.11. The van der Waals surface area contributed by atoms with Crippen molar-refractivity contribution in [3.8, 4) is 0 Å². The highest BCUT2D eigenvalue weighted by molar-refractivity contribution is 4.76. The largest absolute Gasteiger partial charge is 0.385 e. The average Bonchev–Trinajstić information content (AvgIpc) is 2.18. The van der Waals surface area contributed by atoms with E-state index in [1.165, 1.54) is 32.4 Å². The standard InChI is InChI=1S/C12H25NO/c1-10(5-7-14-3)8-12-9-13-6-4-11(12)2/h10-13H,4-9H2,1-3H3. The van der Waals surface area contributed by atoms with Crippen LogP contribution in [-0.4, -0.2) is 26.8 Å². The third-order valence-corrected chi connectivity index (χ3v) is 3.51. The van der Waals surface area contributed by atoms with Crippen molar-refractivity contribution in [1.29, 1.82) is 0 Å². The molecular formula is C12H25NO. The number of rotatable bonds is 5. The minimum Gasteiger partial charge on any atom is -0.385 e. The van der Waals surface area contributed by atoms with E-state index < -0.39 is 0 Å². The van der Waals surface area contributed by atoms with Crippen LogP contribution in [0.4, 0.5) is 0 Å². The van der Waals surface area contributed by atoms with Crippen LogP contribution in [-0.2, 0) is 4.74 Å². The molecular weight excluding hydrogens is 174 g/mol. The molecule has 0 spiro atoms. The lowest BCUT2D eigenvalue weighted by molar-refractivity contribution is 0.162. The van der Waals surface area contributed by atoms with Gasteiger partial charge in [0, 0.05) is 13.7 Å². The van der Waals surface area contributed by atoms with E-state index in [4.69, 9.17) is 4.74 Å². The van der Waals surface area contributed by atoms with E-state index in [9.17, 15) is 0 Å². The minimum atomic E-state index is 0.808. The lowest BCUT2D eigenvalue weighted by Crippen LogP contribution is -2.36. The van der Waals surface area contributed by atoms with Gasteiger partial charge in [-0.2, -0.15) is 0 Å². The van der Waals surface area contributed by atoms with E-state index in [1.807, 2.05) is 0 Å². The highest BCUT2D eigenvalue weighted by Gasteiger charge is 2.22. The van der Waals surface area contributed by atoms with E-state index in [-0.39, 0.29) is 0 Å². The van der Waals surface area contributed by atoms with Gasteiger partial charge in [0.25, 0.3) is 0 Å². The smallest absolute Gasteiger partial charge is 0.0464 e. The molecule has 3 unspecified atom stereocenters. The number of nitrogens with one attached hydrogen (secondary N) is 1. The predicted molar refractivity (Wildman–Crippen MR) is 60.4 cm³/mol. The van der Waals surface area contributed by atoms with Crippen LogP contribution in [0.25, 0.3) is 0 Å². The molecule has 1 N–H and O–H groups in total. The summed E-state index contributed by atoms with van der Waals surface area (Å²) >= 11 is 0. The number of ether oxygens (including phenoxy) is 1. The molecule has 14 heavy (non-hydrogen) atoms. The zero-order valence-corrected chi connectivity index (χ0v) is 9.88. The Hall–Kier alpha value is -0.0800. The number of hydrogen-bond donors (Lipinski definition) is 1. The van der Waals surface area contributed by atoms with Crippen molar-refractivity contribution in [3.05, 3.63) is 0 Å². The molecule has 0 aliphatic carbocycles. The zero-order valence-electron chi connectivity index (χ0n) is 9.88. The first-order valence-corrected chi connectivity index (χ1v) is 5.93. The monoisotopic (exact) mass is 199 g/mol. The third kappa shape index (κ3) is 3.97. The summed E-state index contributed by atoms with van der Waals surface area (Å²) in [5.41, 5.74) is 0. The number of hydrogen-bond acceptors (Lipinski definition) is 2. The molecule has 0 aromatic carbocycles. The molecule has 84 valence electrons. The minimum absolute atomic E-state index is 0.808. The molecule has 2 heteroatoms. The summed E-state index contributed by atoms with van der Waals surface area (Å²) in [6.45, 7) is 8.09. The Morgan fingerprint density at radius 3 is 2.93 bits per heavy atom.